The van der Waals surface area contributed by atoms with Crippen molar-refractivity contribution in [3.05, 3.63) is 59.9 Å². The average Bonchev–Trinajstić information content (AvgIpc) is 3.04. The van der Waals surface area contributed by atoms with E-state index in [4.69, 9.17) is 0 Å². The van der Waals surface area contributed by atoms with Crippen molar-refractivity contribution >= 4 is 27.0 Å². The lowest BCUT2D eigenvalue weighted by Crippen LogP contribution is -2.49. The minimum absolute atomic E-state index is 0.0367. The van der Waals surface area contributed by atoms with Gasteiger partial charge in [-0.25, -0.2) is 18.1 Å². The number of nitrogens with one attached hydrogen (secondary N) is 2. The molecule has 3 aromatic rings. The van der Waals surface area contributed by atoms with Crippen molar-refractivity contribution < 1.29 is 13.2 Å². The fourth-order valence-electron chi connectivity index (χ4n) is 3.37. The standard InChI is InChI=1S/C20H22N4O3S/c1-2-21-28(26,27)16-9-7-14(8-10-16)11-19(25)24-12-15(13-24)20-22-17-5-3-4-6-18(17)23-20/h3-10,15,21H,2,11-13H2,1H3,(H,22,23). The maximum atomic E-state index is 12.5. The highest BCUT2D eigenvalue weighted by Crippen LogP contribution is 2.27. The zero-order chi connectivity index (χ0) is 19.7. The van der Waals surface area contributed by atoms with E-state index >= 15 is 0 Å². The molecule has 4 rings (SSSR count). The van der Waals surface area contributed by atoms with Gasteiger partial charge in [0.25, 0.3) is 0 Å². The normalized spacial score (nSPS) is 15.0. The topological polar surface area (TPSA) is 95.2 Å². The summed E-state index contributed by atoms with van der Waals surface area (Å²) in [5.41, 5.74) is 2.75. The van der Waals surface area contributed by atoms with Gasteiger partial charge >= 0.3 is 0 Å². The number of hydrogen-bond donors (Lipinski definition) is 2. The molecule has 146 valence electrons. The zero-order valence-corrected chi connectivity index (χ0v) is 16.4. The molecule has 0 aliphatic carbocycles. The smallest absolute Gasteiger partial charge is 0.240 e. The minimum Gasteiger partial charge on any atom is -0.342 e. The molecule has 28 heavy (non-hydrogen) atoms. The Balaban J connectivity index is 1.35. The summed E-state index contributed by atoms with van der Waals surface area (Å²) in [6.45, 7) is 3.36. The molecule has 2 N–H and O–H groups in total. The molecule has 2 aromatic carbocycles. The van der Waals surface area contributed by atoms with Gasteiger partial charge < -0.3 is 9.88 Å². The van der Waals surface area contributed by atoms with Gasteiger partial charge in [-0.2, -0.15) is 0 Å². The molecular weight excluding hydrogens is 376 g/mol. The van der Waals surface area contributed by atoms with E-state index in [1.165, 1.54) is 12.1 Å². The summed E-state index contributed by atoms with van der Waals surface area (Å²) >= 11 is 0. The van der Waals surface area contributed by atoms with Crippen LogP contribution in [0, 0.1) is 0 Å². The molecule has 0 unspecified atom stereocenters. The summed E-state index contributed by atoms with van der Waals surface area (Å²) in [6.07, 6.45) is 0.258. The second-order valence-corrected chi connectivity index (χ2v) is 8.72. The number of H-pyrrole nitrogens is 1. The molecule has 1 saturated heterocycles. The van der Waals surface area contributed by atoms with E-state index < -0.39 is 10.0 Å². The summed E-state index contributed by atoms with van der Waals surface area (Å²) < 4.78 is 26.4. The number of imidazole rings is 1. The number of rotatable bonds is 6. The van der Waals surface area contributed by atoms with Crippen LogP contribution in [-0.2, 0) is 21.2 Å². The minimum atomic E-state index is -3.47. The molecule has 0 saturated carbocycles. The summed E-state index contributed by atoms with van der Waals surface area (Å²) in [5, 5.41) is 0. The number of nitrogens with zero attached hydrogens (tertiary/aromatic N) is 2. The summed E-state index contributed by atoms with van der Waals surface area (Å²) in [5.74, 6) is 1.18. The number of aromatic nitrogens is 2. The van der Waals surface area contributed by atoms with Crippen LogP contribution in [0.1, 0.15) is 24.2 Å². The van der Waals surface area contributed by atoms with Crippen LogP contribution < -0.4 is 4.72 Å². The Hall–Kier alpha value is -2.71. The van der Waals surface area contributed by atoms with E-state index in [9.17, 15) is 13.2 Å². The molecule has 8 heteroatoms. The molecule has 0 bridgehead atoms. The van der Waals surface area contributed by atoms with Crippen LogP contribution >= 0.6 is 0 Å². The van der Waals surface area contributed by atoms with E-state index in [2.05, 4.69) is 14.7 Å². The number of benzene rings is 2. The van der Waals surface area contributed by atoms with Gasteiger partial charge in [-0.3, -0.25) is 4.79 Å². The van der Waals surface area contributed by atoms with Crippen LogP contribution in [0.5, 0.6) is 0 Å². The SMILES string of the molecule is CCNS(=O)(=O)c1ccc(CC(=O)N2CC(c3nc4ccccc4[nH]3)C2)cc1. The third-order valence-electron chi connectivity index (χ3n) is 4.95. The maximum absolute atomic E-state index is 12.5. The second kappa shape index (κ2) is 7.37. The number of carbonyl (C=O) groups excluding carboxylic acids is 1. The zero-order valence-electron chi connectivity index (χ0n) is 15.6. The van der Waals surface area contributed by atoms with Crippen LogP contribution in [0.4, 0.5) is 0 Å². The van der Waals surface area contributed by atoms with Gasteiger partial charge in [0.2, 0.25) is 15.9 Å². The van der Waals surface area contributed by atoms with Gasteiger partial charge in [-0.05, 0) is 29.8 Å². The first kappa shape index (κ1) is 18.6. The Kier molecular flexibility index (Phi) is 4.91. The number of hydrogen-bond acceptors (Lipinski definition) is 4. The number of fused-ring (bicyclic) bond motifs is 1. The Morgan fingerprint density at radius 1 is 1.18 bits per heavy atom. The summed E-state index contributed by atoms with van der Waals surface area (Å²) in [4.78, 5) is 22.4. The molecule has 1 aliphatic heterocycles. The van der Waals surface area contributed by atoms with Crippen LogP contribution in [0.15, 0.2) is 53.4 Å². The molecular formula is C20H22N4O3S. The predicted octanol–water partition coefficient (Wildman–Crippen LogP) is 2.03. The molecule has 7 nitrogen and oxygen atoms in total. The highest BCUT2D eigenvalue weighted by Gasteiger charge is 2.33. The van der Waals surface area contributed by atoms with Crippen molar-refractivity contribution in [2.24, 2.45) is 0 Å². The number of para-hydroxylation sites is 2. The van der Waals surface area contributed by atoms with Gasteiger partial charge in [-0.15, -0.1) is 0 Å². The van der Waals surface area contributed by atoms with Crippen molar-refractivity contribution in [3.63, 3.8) is 0 Å². The average molecular weight is 398 g/mol. The van der Waals surface area contributed by atoms with Gasteiger partial charge in [0, 0.05) is 19.6 Å². The van der Waals surface area contributed by atoms with Gasteiger partial charge in [-0.1, -0.05) is 31.2 Å². The lowest BCUT2D eigenvalue weighted by atomic mass is 9.98. The Morgan fingerprint density at radius 2 is 1.89 bits per heavy atom. The van der Waals surface area contributed by atoms with E-state index in [0.29, 0.717) is 19.6 Å². The molecule has 0 atom stereocenters. The van der Waals surface area contributed by atoms with Crippen LogP contribution in [-0.4, -0.2) is 48.8 Å². The third kappa shape index (κ3) is 3.65. The predicted molar refractivity (Wildman–Crippen MR) is 106 cm³/mol. The Labute approximate surface area is 163 Å². The Bertz CT molecular complexity index is 1070. The monoisotopic (exact) mass is 398 g/mol. The molecule has 2 heterocycles. The summed E-state index contributed by atoms with van der Waals surface area (Å²) in [6, 6.07) is 14.3. The van der Waals surface area contributed by atoms with Crippen LogP contribution in [0.2, 0.25) is 0 Å². The molecule has 0 spiro atoms. The van der Waals surface area contributed by atoms with Gasteiger partial charge in [0.05, 0.1) is 28.3 Å². The van der Waals surface area contributed by atoms with E-state index in [1.807, 2.05) is 24.3 Å². The van der Waals surface area contributed by atoms with Crippen LogP contribution in [0.25, 0.3) is 11.0 Å². The van der Waals surface area contributed by atoms with Gasteiger partial charge in [0.1, 0.15) is 5.82 Å². The highest BCUT2D eigenvalue weighted by atomic mass is 32.2. The third-order valence-corrected chi connectivity index (χ3v) is 6.51. The first-order valence-corrected chi connectivity index (χ1v) is 10.8. The number of carbonyl (C=O) groups is 1. The Morgan fingerprint density at radius 3 is 2.57 bits per heavy atom. The fraction of sp³-hybridized carbons (Fsp3) is 0.300. The lowest BCUT2D eigenvalue weighted by Gasteiger charge is -2.38. The number of likely N-dealkylation sites (tertiary alicyclic amines) is 1. The van der Waals surface area contributed by atoms with Crippen molar-refractivity contribution in [1.29, 1.82) is 0 Å². The second-order valence-electron chi connectivity index (χ2n) is 6.96. The quantitative estimate of drug-likeness (QED) is 0.664. The first-order chi connectivity index (χ1) is 13.5. The molecule has 1 aromatic heterocycles. The number of sulfonamides is 1. The molecule has 1 amide bonds. The van der Waals surface area contributed by atoms with Crippen molar-refractivity contribution in [2.45, 2.75) is 24.2 Å². The van der Waals surface area contributed by atoms with Crippen molar-refractivity contribution in [3.8, 4) is 0 Å². The largest absolute Gasteiger partial charge is 0.342 e. The molecule has 1 fully saturated rings. The first-order valence-electron chi connectivity index (χ1n) is 9.27. The van der Waals surface area contributed by atoms with Crippen LogP contribution in [0.3, 0.4) is 0 Å². The maximum Gasteiger partial charge on any atom is 0.240 e. The van der Waals surface area contributed by atoms with E-state index in [-0.39, 0.29) is 23.1 Å². The van der Waals surface area contributed by atoms with E-state index in [1.54, 1.807) is 24.0 Å². The molecule has 1 aliphatic rings. The lowest BCUT2D eigenvalue weighted by molar-refractivity contribution is -0.134. The molecule has 0 radical (unpaired) electrons. The number of amides is 1. The summed E-state index contributed by atoms with van der Waals surface area (Å²) in [7, 11) is -3.47. The van der Waals surface area contributed by atoms with E-state index in [0.717, 1.165) is 22.4 Å². The highest BCUT2D eigenvalue weighted by molar-refractivity contribution is 7.89. The van der Waals surface area contributed by atoms with Gasteiger partial charge in [0.15, 0.2) is 0 Å². The van der Waals surface area contributed by atoms with Crippen molar-refractivity contribution in [2.75, 3.05) is 19.6 Å². The number of aromatic amines is 1. The van der Waals surface area contributed by atoms with Crippen molar-refractivity contribution in [1.82, 2.24) is 19.6 Å². The fourth-order valence-corrected chi connectivity index (χ4v) is 4.41.